The quantitative estimate of drug-likeness (QED) is 0.832. The Morgan fingerprint density at radius 1 is 1.37 bits per heavy atom. The minimum Gasteiger partial charge on any atom is -0.442 e. The third kappa shape index (κ3) is 2.94. The molecule has 7 nitrogen and oxygen atoms in total. The Balaban J connectivity index is 1.61. The number of aryl methyl sites for hydroxylation is 1. The van der Waals surface area contributed by atoms with Crippen LogP contribution in [0.3, 0.4) is 0 Å². The van der Waals surface area contributed by atoms with Gasteiger partial charge in [-0.3, -0.25) is 5.10 Å². The lowest BCUT2D eigenvalue weighted by molar-refractivity contribution is -0.0605. The summed E-state index contributed by atoms with van der Waals surface area (Å²) in [6.45, 7) is 6.61. The second kappa shape index (κ2) is 6.46. The molecule has 0 amide bonds. The largest absolute Gasteiger partial charge is 0.442 e. The highest BCUT2D eigenvalue weighted by atomic mass is 32.2. The lowest BCUT2D eigenvalue weighted by Gasteiger charge is -2.40. The molecule has 1 aliphatic carbocycles. The van der Waals surface area contributed by atoms with Crippen LogP contribution in [0.25, 0.3) is 11.5 Å². The van der Waals surface area contributed by atoms with Gasteiger partial charge in [0, 0.05) is 30.3 Å². The van der Waals surface area contributed by atoms with Crippen molar-refractivity contribution in [2.75, 3.05) is 13.1 Å². The van der Waals surface area contributed by atoms with Crippen LogP contribution in [0, 0.1) is 25.7 Å². The number of furan rings is 1. The zero-order valence-electron chi connectivity index (χ0n) is 16.0. The monoisotopic (exact) mass is 393 g/mol. The molecular weight excluding hydrogens is 366 g/mol. The van der Waals surface area contributed by atoms with E-state index >= 15 is 0 Å². The first kappa shape index (κ1) is 18.7. The Bertz CT molecular complexity index is 948. The summed E-state index contributed by atoms with van der Waals surface area (Å²) in [6, 6.07) is 3.16. The number of H-pyrrole nitrogens is 1. The van der Waals surface area contributed by atoms with Gasteiger partial charge in [-0.15, -0.1) is 0 Å². The molecule has 2 aromatic heterocycles. The zero-order chi connectivity index (χ0) is 19.4. The predicted molar refractivity (Wildman–Crippen MR) is 101 cm³/mol. The predicted octanol–water partition coefficient (Wildman–Crippen LogP) is 2.85. The number of rotatable bonds is 4. The molecule has 0 radical (unpaired) electrons. The number of hydrogen-bond acceptors (Lipinski definition) is 5. The van der Waals surface area contributed by atoms with Crippen molar-refractivity contribution in [2.45, 2.75) is 57.1 Å². The van der Waals surface area contributed by atoms with E-state index in [0.717, 1.165) is 30.5 Å². The molecule has 2 N–H and O–H groups in total. The maximum Gasteiger partial charge on any atom is 0.276 e. The molecule has 8 heteroatoms. The van der Waals surface area contributed by atoms with Crippen molar-refractivity contribution in [1.29, 1.82) is 0 Å². The van der Waals surface area contributed by atoms with Crippen molar-refractivity contribution >= 4 is 10.0 Å². The summed E-state index contributed by atoms with van der Waals surface area (Å²) in [4.78, 5) is 0. The van der Waals surface area contributed by atoms with E-state index < -0.39 is 15.6 Å². The highest BCUT2D eigenvalue weighted by Gasteiger charge is 2.50. The zero-order valence-corrected chi connectivity index (χ0v) is 16.8. The Morgan fingerprint density at radius 3 is 2.81 bits per heavy atom. The number of aliphatic hydroxyl groups is 1. The van der Waals surface area contributed by atoms with Crippen LogP contribution < -0.4 is 0 Å². The molecule has 0 bridgehead atoms. The van der Waals surface area contributed by atoms with Gasteiger partial charge in [0.2, 0.25) is 5.09 Å². The lowest BCUT2D eigenvalue weighted by Crippen LogP contribution is -2.44. The van der Waals surface area contributed by atoms with E-state index in [4.69, 9.17) is 4.42 Å². The van der Waals surface area contributed by atoms with Gasteiger partial charge >= 0.3 is 0 Å². The topological polar surface area (TPSA) is 99.4 Å². The standard InChI is InChI=1S/C19H27N3O4S/c1-4-19(23)9-5-6-14-10-22(11-15(14)19)27(24,25)17-8-7-16(26-17)18-12(2)13(3)20-21-18/h7-8,14-15,23H,4-6,9-11H2,1-3H3,(H,20,21)/t14-,15+,19-/m1/s1. The molecule has 2 aromatic rings. The van der Waals surface area contributed by atoms with Crippen LogP contribution in [-0.4, -0.2) is 46.7 Å². The van der Waals surface area contributed by atoms with Crippen LogP contribution in [0.5, 0.6) is 0 Å². The van der Waals surface area contributed by atoms with E-state index in [1.807, 2.05) is 20.8 Å². The Labute approximate surface area is 159 Å². The maximum atomic E-state index is 13.1. The maximum absolute atomic E-state index is 13.1. The fourth-order valence-corrected chi connectivity index (χ4v) is 6.10. The number of aromatic nitrogens is 2. The van der Waals surface area contributed by atoms with E-state index in [1.165, 1.54) is 10.4 Å². The fourth-order valence-electron chi connectivity index (χ4n) is 4.66. The number of nitrogens with one attached hydrogen (secondary N) is 1. The van der Waals surface area contributed by atoms with Gasteiger partial charge in [-0.2, -0.15) is 9.40 Å². The first-order valence-electron chi connectivity index (χ1n) is 9.60. The molecule has 2 aliphatic rings. The van der Waals surface area contributed by atoms with Crippen molar-refractivity contribution in [3.8, 4) is 11.5 Å². The Kier molecular flexibility index (Phi) is 4.48. The Morgan fingerprint density at radius 2 is 2.15 bits per heavy atom. The molecule has 2 fully saturated rings. The number of fused-ring (bicyclic) bond motifs is 1. The summed E-state index contributed by atoms with van der Waals surface area (Å²) in [5, 5.41) is 18.0. The molecule has 1 aliphatic heterocycles. The smallest absolute Gasteiger partial charge is 0.276 e. The second-order valence-electron chi connectivity index (χ2n) is 7.98. The molecule has 0 unspecified atom stereocenters. The normalized spacial score (nSPS) is 29.2. The van der Waals surface area contributed by atoms with E-state index in [1.54, 1.807) is 6.07 Å². The fraction of sp³-hybridized carbons (Fsp3) is 0.632. The highest BCUT2D eigenvalue weighted by Crippen LogP contribution is 2.45. The van der Waals surface area contributed by atoms with E-state index in [0.29, 0.717) is 31.0 Å². The summed E-state index contributed by atoms with van der Waals surface area (Å²) in [5.41, 5.74) is 1.73. The van der Waals surface area contributed by atoms with Crippen LogP contribution in [0.2, 0.25) is 0 Å². The minimum atomic E-state index is -3.73. The number of aromatic amines is 1. The van der Waals surface area contributed by atoms with Crippen molar-refractivity contribution < 1.29 is 17.9 Å². The molecule has 4 rings (SSSR count). The Hall–Kier alpha value is -1.64. The third-order valence-corrected chi connectivity index (χ3v) is 8.26. The van der Waals surface area contributed by atoms with E-state index in [2.05, 4.69) is 10.2 Å². The number of sulfonamides is 1. The van der Waals surface area contributed by atoms with Gasteiger partial charge in [-0.05, 0) is 51.2 Å². The second-order valence-corrected chi connectivity index (χ2v) is 9.85. The molecule has 1 saturated carbocycles. The van der Waals surface area contributed by atoms with Gasteiger partial charge in [-0.1, -0.05) is 13.3 Å². The van der Waals surface area contributed by atoms with Crippen molar-refractivity contribution in [1.82, 2.24) is 14.5 Å². The van der Waals surface area contributed by atoms with Crippen LogP contribution in [0.15, 0.2) is 21.6 Å². The first-order chi connectivity index (χ1) is 12.8. The summed E-state index contributed by atoms with van der Waals surface area (Å²) in [6.07, 6.45) is 3.32. The van der Waals surface area contributed by atoms with Crippen LogP contribution in [0.4, 0.5) is 0 Å². The van der Waals surface area contributed by atoms with Gasteiger partial charge in [0.25, 0.3) is 10.0 Å². The molecule has 0 aromatic carbocycles. The van der Waals surface area contributed by atoms with Crippen LogP contribution >= 0.6 is 0 Å². The van der Waals surface area contributed by atoms with Gasteiger partial charge in [0.05, 0.1) is 5.60 Å². The average Bonchev–Trinajstić information content (AvgIpc) is 3.35. The molecule has 148 valence electrons. The molecule has 3 atom stereocenters. The third-order valence-electron chi connectivity index (χ3n) is 6.56. The average molecular weight is 394 g/mol. The van der Waals surface area contributed by atoms with E-state index in [9.17, 15) is 13.5 Å². The number of hydrogen-bond donors (Lipinski definition) is 2. The first-order valence-corrected chi connectivity index (χ1v) is 11.0. The molecular formula is C19H27N3O4S. The SMILES string of the molecule is CC[C@@]1(O)CCC[C@@H]2CN(S(=O)(=O)c3ccc(-c4n[nH]c(C)c4C)o3)C[C@@H]21. The van der Waals surface area contributed by atoms with E-state index in [-0.39, 0.29) is 16.9 Å². The summed E-state index contributed by atoms with van der Waals surface area (Å²) < 4.78 is 33.5. The number of nitrogens with zero attached hydrogens (tertiary/aromatic N) is 2. The molecule has 27 heavy (non-hydrogen) atoms. The molecule has 0 spiro atoms. The van der Waals surface area contributed by atoms with Gasteiger partial charge in [0.1, 0.15) is 5.69 Å². The van der Waals surface area contributed by atoms with Crippen molar-refractivity contribution in [3.05, 3.63) is 23.4 Å². The molecule has 3 heterocycles. The van der Waals surface area contributed by atoms with Gasteiger partial charge in [0.15, 0.2) is 5.76 Å². The minimum absolute atomic E-state index is 0.00306. The summed E-state index contributed by atoms with van der Waals surface area (Å²) in [5.74, 6) is 0.651. The molecule has 1 saturated heterocycles. The highest BCUT2D eigenvalue weighted by molar-refractivity contribution is 7.89. The van der Waals surface area contributed by atoms with Crippen molar-refractivity contribution in [3.63, 3.8) is 0 Å². The summed E-state index contributed by atoms with van der Waals surface area (Å²) in [7, 11) is -3.73. The lowest BCUT2D eigenvalue weighted by atomic mass is 9.69. The summed E-state index contributed by atoms with van der Waals surface area (Å²) >= 11 is 0. The van der Waals surface area contributed by atoms with Gasteiger partial charge < -0.3 is 9.52 Å². The van der Waals surface area contributed by atoms with Crippen LogP contribution in [0.1, 0.15) is 43.9 Å². The van der Waals surface area contributed by atoms with Crippen molar-refractivity contribution in [2.24, 2.45) is 11.8 Å². The van der Waals surface area contributed by atoms with Gasteiger partial charge in [-0.25, -0.2) is 8.42 Å². The van der Waals surface area contributed by atoms with Crippen LogP contribution in [-0.2, 0) is 10.0 Å².